The van der Waals surface area contributed by atoms with Gasteiger partial charge in [0.05, 0.1) is 70.8 Å². The predicted molar refractivity (Wildman–Crippen MR) is 418 cm³/mol. The maximum atomic E-state index is 13.9. The van der Waals surface area contributed by atoms with Gasteiger partial charge in [-0.2, -0.15) is 15.3 Å². The number of nitrogens with zero attached hydrogens (tertiary/aromatic N) is 12. The Balaban J connectivity index is 0.000000150. The lowest BCUT2D eigenvalue weighted by atomic mass is 9.94. The van der Waals surface area contributed by atoms with Gasteiger partial charge in [0.2, 0.25) is 0 Å². The van der Waals surface area contributed by atoms with Crippen LogP contribution >= 0.6 is 116 Å². The molecule has 102 heavy (non-hydrogen) atoms. The van der Waals surface area contributed by atoms with Crippen molar-refractivity contribution in [3.63, 3.8) is 0 Å². The first-order valence-electron chi connectivity index (χ1n) is 32.5. The largest absolute Gasteiger partial charge is 0.368 e. The standard InChI is InChI=1S/2C24H22Cl3N5O.C24H23Cl2N5O.CH2Cl2.CH4/c1-15-20(24(33)31-12-10-30(11-13-31)16-6-3-2-4-7-16)22(17-8-5-9-18(25)21(17)27)32-23(29-15)19(26)14-28-32;1-15-21(24(33)31-11-9-30(10-12-31)17-5-3-2-4-6-17)22(16-7-8-18(25)19(26)13-16)32-23(29-15)20(27)14-28-32;1-16-22(24(32)30-13-11-29(12-14-30)18-5-3-2-4-6-18)23(31-21(28-16)9-10-27-31)17-7-8-19(25)20(26)15-17;2-1-3;/h2-9,14,22,29H,10-13H2,1H3;2-8,13-14,22,29H,9-12H2,1H3;2-10,15,23,28H,11-14H2,1H3;1H2;1H4. The summed E-state index contributed by atoms with van der Waals surface area (Å²) in [5.41, 5.74) is 10.1. The Bertz CT molecular complexity index is 4580. The third kappa shape index (κ3) is 16.1. The number of aromatic nitrogens is 6. The van der Waals surface area contributed by atoms with Crippen LogP contribution in [0.25, 0.3) is 0 Å². The van der Waals surface area contributed by atoms with E-state index in [1.807, 2.05) is 131 Å². The van der Waals surface area contributed by atoms with Gasteiger partial charge in [-0.3, -0.25) is 14.4 Å². The zero-order valence-electron chi connectivity index (χ0n) is 55.0. The Kier molecular flexibility index (Phi) is 25.0. The number of halogens is 10. The smallest absolute Gasteiger partial charge is 0.254 e. The van der Waals surface area contributed by atoms with Crippen LogP contribution in [0.15, 0.2) is 204 Å². The first-order chi connectivity index (χ1) is 48.8. The molecule has 3 fully saturated rings. The highest BCUT2D eigenvalue weighted by Crippen LogP contribution is 2.45. The van der Waals surface area contributed by atoms with Gasteiger partial charge >= 0.3 is 0 Å². The number of fused-ring (bicyclic) bond motifs is 3. The number of carbonyl (C=O) groups is 3. The van der Waals surface area contributed by atoms with Crippen molar-refractivity contribution < 1.29 is 14.4 Å². The van der Waals surface area contributed by atoms with Gasteiger partial charge in [-0.15, -0.1) is 23.2 Å². The molecule has 9 aromatic rings. The van der Waals surface area contributed by atoms with Crippen LogP contribution in [0, 0.1) is 0 Å². The van der Waals surface area contributed by atoms with E-state index >= 15 is 0 Å². The molecule has 6 aliphatic rings. The lowest BCUT2D eigenvalue weighted by Crippen LogP contribution is -2.50. The topological polar surface area (TPSA) is 160 Å². The summed E-state index contributed by atoms with van der Waals surface area (Å²) in [6.45, 7) is 14.2. The monoisotopic (exact) mass is 1570 g/mol. The van der Waals surface area contributed by atoms with E-state index in [2.05, 4.69) is 82.3 Å². The van der Waals surface area contributed by atoms with E-state index in [1.165, 1.54) is 17.1 Å². The van der Waals surface area contributed by atoms with Crippen molar-refractivity contribution in [3.8, 4) is 0 Å². The molecule has 0 radical (unpaired) electrons. The van der Waals surface area contributed by atoms with Gasteiger partial charge in [0.25, 0.3) is 17.7 Å². The van der Waals surface area contributed by atoms with E-state index < -0.39 is 12.1 Å². The number of carbonyl (C=O) groups excluding carboxylic acids is 3. The van der Waals surface area contributed by atoms with Crippen LogP contribution in [0.2, 0.25) is 40.2 Å². The zero-order chi connectivity index (χ0) is 71.2. The minimum atomic E-state index is -0.542. The van der Waals surface area contributed by atoms with Crippen LogP contribution < -0.4 is 30.7 Å². The van der Waals surface area contributed by atoms with Crippen molar-refractivity contribution in [1.29, 1.82) is 0 Å². The first-order valence-corrected chi connectivity index (χ1v) is 36.6. The predicted octanol–water partition coefficient (Wildman–Crippen LogP) is 17.8. The molecular weight excluding hydrogens is 1500 g/mol. The quantitative estimate of drug-likeness (QED) is 0.118. The average Bonchev–Trinajstić information content (AvgIpc) is 1.43. The zero-order valence-corrected chi connectivity index (χ0v) is 62.5. The number of amides is 3. The summed E-state index contributed by atoms with van der Waals surface area (Å²) in [4.78, 5) is 54.1. The molecule has 15 rings (SSSR count). The Morgan fingerprint density at radius 3 is 1.15 bits per heavy atom. The number of hydrogen-bond donors (Lipinski definition) is 3. The van der Waals surface area contributed by atoms with Crippen molar-refractivity contribution in [3.05, 3.63) is 261 Å². The highest BCUT2D eigenvalue weighted by Gasteiger charge is 2.41. The van der Waals surface area contributed by atoms with Gasteiger partial charge < -0.3 is 45.3 Å². The van der Waals surface area contributed by atoms with Crippen LogP contribution in [0.3, 0.4) is 0 Å². The van der Waals surface area contributed by atoms with Gasteiger partial charge in [0, 0.05) is 124 Å². The number of hydrogen-bond acceptors (Lipinski definition) is 12. The number of para-hydroxylation sites is 3. The Morgan fingerprint density at radius 1 is 0.392 bits per heavy atom. The van der Waals surface area contributed by atoms with Crippen molar-refractivity contribution in [2.45, 2.75) is 46.3 Å². The van der Waals surface area contributed by atoms with Crippen molar-refractivity contribution in [2.75, 3.05) is 115 Å². The second kappa shape index (κ2) is 33.8. The van der Waals surface area contributed by atoms with Crippen molar-refractivity contribution in [1.82, 2.24) is 44.0 Å². The summed E-state index contributed by atoms with van der Waals surface area (Å²) in [5.74, 6) is 2.05. The highest BCUT2D eigenvalue weighted by molar-refractivity contribution is 6.43. The molecule has 0 saturated carbocycles. The van der Waals surface area contributed by atoms with Gasteiger partial charge in [0.15, 0.2) is 0 Å². The molecule has 0 aliphatic carbocycles. The molecule has 3 aromatic heterocycles. The van der Waals surface area contributed by atoms with Crippen LogP contribution in [0.1, 0.15) is 63.0 Å². The molecule has 28 heteroatoms. The summed E-state index contributed by atoms with van der Waals surface area (Å²) < 4.78 is 5.28. The number of alkyl halides is 2. The molecule has 9 heterocycles. The lowest BCUT2D eigenvalue weighted by Gasteiger charge is -2.38. The number of anilines is 6. The third-order valence-electron chi connectivity index (χ3n) is 18.4. The van der Waals surface area contributed by atoms with Gasteiger partial charge in [-0.05, 0) is 98.6 Å². The second-order valence-electron chi connectivity index (χ2n) is 24.4. The van der Waals surface area contributed by atoms with E-state index in [-0.39, 0.29) is 36.5 Å². The average molecular weight is 1580 g/mol. The Labute approximate surface area is 643 Å². The number of nitrogens with one attached hydrogen (secondary N) is 3. The van der Waals surface area contributed by atoms with E-state index in [0.717, 1.165) is 73.3 Å². The fourth-order valence-electron chi connectivity index (χ4n) is 13.4. The van der Waals surface area contributed by atoms with Crippen molar-refractivity contribution >= 4 is 168 Å². The Hall–Kier alpha value is -7.72. The summed E-state index contributed by atoms with van der Waals surface area (Å²) in [5, 5.41) is 27.1. The molecule has 3 amide bonds. The SMILES string of the molecule is C.CC1=C(C(=O)N2CCN(c3ccccc3)CC2)C(c2ccc(Cl)c(Cl)c2)n2ncc(Cl)c2N1.CC1=C(C(=O)N2CCN(c3ccccc3)CC2)C(c2ccc(Cl)c(Cl)c2)n2nccc2N1.CC1=C(C(=O)N2CCN(c3ccccc3)CC2)C(c2cccc(Cl)c2Cl)n2ncc(Cl)c2N1.ClCCl. The molecule has 3 atom stereocenters. The highest BCUT2D eigenvalue weighted by atomic mass is 35.5. The molecule has 532 valence electrons. The molecular formula is C74H73Cl10N15O3. The van der Waals surface area contributed by atoms with Crippen molar-refractivity contribution in [2.24, 2.45) is 0 Å². The molecule has 0 bridgehead atoms. The van der Waals surface area contributed by atoms with Gasteiger partial charge in [-0.1, -0.05) is 179 Å². The first kappa shape index (κ1) is 75.4. The van der Waals surface area contributed by atoms with Gasteiger partial charge in [0.1, 0.15) is 45.6 Å². The maximum Gasteiger partial charge on any atom is 0.254 e. The van der Waals surface area contributed by atoms with Crippen LogP contribution in [-0.2, 0) is 14.4 Å². The van der Waals surface area contributed by atoms with Crippen LogP contribution in [0.4, 0.5) is 34.5 Å². The molecule has 6 aliphatic heterocycles. The van der Waals surface area contributed by atoms with E-state index in [4.69, 9.17) is 116 Å². The van der Waals surface area contributed by atoms with E-state index in [0.29, 0.717) is 113 Å². The number of benzene rings is 6. The number of rotatable bonds is 9. The minimum absolute atomic E-state index is 0. The molecule has 3 saturated heterocycles. The van der Waals surface area contributed by atoms with Gasteiger partial charge in [-0.25, -0.2) is 14.0 Å². The fourth-order valence-corrected chi connectivity index (χ4v) is 14.8. The number of piperazine rings is 3. The normalized spacial score (nSPS) is 17.8. The minimum Gasteiger partial charge on any atom is -0.368 e. The van der Waals surface area contributed by atoms with Crippen LogP contribution in [-0.4, -0.2) is 146 Å². The van der Waals surface area contributed by atoms with Crippen LogP contribution in [0.5, 0.6) is 0 Å². The molecule has 0 spiro atoms. The molecule has 18 nitrogen and oxygen atoms in total. The molecule has 3 N–H and O–H groups in total. The lowest BCUT2D eigenvalue weighted by molar-refractivity contribution is -0.128. The Morgan fingerprint density at radius 2 is 0.755 bits per heavy atom. The maximum absolute atomic E-state index is 13.9. The summed E-state index contributed by atoms with van der Waals surface area (Å²) in [6, 6.07) is 47.6. The number of allylic oxidation sites excluding steroid dienone is 3. The summed E-state index contributed by atoms with van der Waals surface area (Å²) in [7, 11) is 0. The molecule has 6 aromatic carbocycles. The second-order valence-corrected chi connectivity index (χ2v) is 28.4. The fraction of sp³-hybridized carbons (Fsp3) is 0.270. The van der Waals surface area contributed by atoms with E-state index in [1.54, 1.807) is 52.2 Å². The van der Waals surface area contributed by atoms with E-state index in [9.17, 15) is 14.4 Å². The summed E-state index contributed by atoms with van der Waals surface area (Å²) >= 11 is 60.2. The summed E-state index contributed by atoms with van der Waals surface area (Å²) in [6.07, 6.45) is 4.87. The third-order valence-corrected chi connectivity index (χ3v) is 21.3. The molecule has 3 unspecified atom stereocenters.